The Morgan fingerprint density at radius 3 is 2.08 bits per heavy atom. The molecule has 1 heterocycles. The number of hydrogen-bond acceptors (Lipinski definition) is 2. The third-order valence-electron chi connectivity index (χ3n) is 1.25. The van der Waals surface area contributed by atoms with E-state index in [2.05, 4.69) is 24.0 Å². The van der Waals surface area contributed by atoms with Gasteiger partial charge in [0.15, 0.2) is 0 Å². The molecular formula is C10H18N2. The lowest BCUT2D eigenvalue weighted by atomic mass is 10.3. The molecule has 0 radical (unpaired) electrons. The SMILES string of the molecule is CC.CN(C)Cc1ccncc1. The number of rotatable bonds is 2. The summed E-state index contributed by atoms with van der Waals surface area (Å²) in [5.74, 6) is 0. The van der Waals surface area contributed by atoms with Gasteiger partial charge < -0.3 is 4.90 Å². The number of pyridine rings is 1. The summed E-state index contributed by atoms with van der Waals surface area (Å²) in [6.07, 6.45) is 3.64. The zero-order chi connectivity index (χ0) is 9.40. The third kappa shape index (κ3) is 4.85. The first-order chi connectivity index (χ1) is 5.79. The van der Waals surface area contributed by atoms with Crippen LogP contribution in [0.1, 0.15) is 19.4 Å². The Morgan fingerprint density at radius 2 is 1.67 bits per heavy atom. The Bertz CT molecular complexity index is 182. The van der Waals surface area contributed by atoms with Gasteiger partial charge >= 0.3 is 0 Å². The van der Waals surface area contributed by atoms with Gasteiger partial charge in [-0.25, -0.2) is 0 Å². The van der Waals surface area contributed by atoms with E-state index in [0.29, 0.717) is 0 Å². The Balaban J connectivity index is 0.000000561. The van der Waals surface area contributed by atoms with Crippen molar-refractivity contribution < 1.29 is 0 Å². The van der Waals surface area contributed by atoms with Crippen LogP contribution in [0.25, 0.3) is 0 Å². The van der Waals surface area contributed by atoms with Crippen LogP contribution in [-0.4, -0.2) is 24.0 Å². The molecule has 0 aliphatic carbocycles. The molecule has 0 spiro atoms. The zero-order valence-electron chi connectivity index (χ0n) is 8.41. The predicted molar refractivity (Wildman–Crippen MR) is 53.0 cm³/mol. The van der Waals surface area contributed by atoms with Gasteiger partial charge in [0, 0.05) is 18.9 Å². The van der Waals surface area contributed by atoms with Gasteiger partial charge in [-0.2, -0.15) is 0 Å². The molecule has 0 aromatic carbocycles. The standard InChI is InChI=1S/C8H12N2.C2H6/c1-10(2)7-8-3-5-9-6-4-8;1-2/h3-6H,7H2,1-2H3;1-2H3. The van der Waals surface area contributed by atoms with Crippen LogP contribution >= 0.6 is 0 Å². The topological polar surface area (TPSA) is 16.1 Å². The molecule has 1 rings (SSSR count). The minimum absolute atomic E-state index is 0.989. The summed E-state index contributed by atoms with van der Waals surface area (Å²) >= 11 is 0. The summed E-state index contributed by atoms with van der Waals surface area (Å²) in [6.45, 7) is 4.99. The van der Waals surface area contributed by atoms with Crippen molar-refractivity contribution in [1.82, 2.24) is 9.88 Å². The van der Waals surface area contributed by atoms with Gasteiger partial charge in [0.2, 0.25) is 0 Å². The summed E-state index contributed by atoms with van der Waals surface area (Å²) in [5.41, 5.74) is 1.31. The molecule has 0 aliphatic heterocycles. The van der Waals surface area contributed by atoms with Gasteiger partial charge in [0.1, 0.15) is 0 Å². The molecule has 12 heavy (non-hydrogen) atoms. The van der Waals surface area contributed by atoms with Gasteiger partial charge in [-0.1, -0.05) is 13.8 Å². The first-order valence-electron chi connectivity index (χ1n) is 4.32. The molecular weight excluding hydrogens is 148 g/mol. The Morgan fingerprint density at radius 1 is 1.17 bits per heavy atom. The maximum Gasteiger partial charge on any atom is 0.0271 e. The Kier molecular flexibility index (Phi) is 6.29. The second-order valence-electron chi connectivity index (χ2n) is 2.59. The molecule has 68 valence electrons. The van der Waals surface area contributed by atoms with E-state index in [9.17, 15) is 0 Å². The molecule has 0 saturated heterocycles. The molecule has 0 amide bonds. The molecule has 0 N–H and O–H groups in total. The van der Waals surface area contributed by atoms with Gasteiger partial charge in [-0.3, -0.25) is 4.98 Å². The predicted octanol–water partition coefficient (Wildman–Crippen LogP) is 2.17. The van der Waals surface area contributed by atoms with Crippen molar-refractivity contribution in [3.8, 4) is 0 Å². The minimum atomic E-state index is 0.989. The third-order valence-corrected chi connectivity index (χ3v) is 1.25. The van der Waals surface area contributed by atoms with Crippen molar-refractivity contribution in [3.05, 3.63) is 30.1 Å². The van der Waals surface area contributed by atoms with Crippen LogP contribution in [-0.2, 0) is 6.54 Å². The van der Waals surface area contributed by atoms with Crippen LogP contribution in [0.5, 0.6) is 0 Å². The van der Waals surface area contributed by atoms with Gasteiger partial charge in [0.25, 0.3) is 0 Å². The van der Waals surface area contributed by atoms with E-state index in [1.807, 2.05) is 38.4 Å². The number of nitrogens with zero attached hydrogens (tertiary/aromatic N) is 2. The highest BCUT2D eigenvalue weighted by Crippen LogP contribution is 1.97. The van der Waals surface area contributed by atoms with E-state index >= 15 is 0 Å². The largest absolute Gasteiger partial charge is 0.305 e. The molecule has 1 aromatic rings. The van der Waals surface area contributed by atoms with Gasteiger partial charge in [-0.05, 0) is 31.8 Å². The first kappa shape index (κ1) is 11.1. The Labute approximate surface area is 75.2 Å². The molecule has 2 heteroatoms. The minimum Gasteiger partial charge on any atom is -0.305 e. The van der Waals surface area contributed by atoms with Gasteiger partial charge in [-0.15, -0.1) is 0 Å². The van der Waals surface area contributed by atoms with Crippen LogP contribution in [0, 0.1) is 0 Å². The summed E-state index contributed by atoms with van der Waals surface area (Å²) in [4.78, 5) is 6.07. The monoisotopic (exact) mass is 166 g/mol. The molecule has 0 atom stereocenters. The maximum atomic E-state index is 3.93. The van der Waals surface area contributed by atoms with E-state index in [4.69, 9.17) is 0 Å². The molecule has 1 aromatic heterocycles. The molecule has 2 nitrogen and oxygen atoms in total. The van der Waals surface area contributed by atoms with Crippen molar-refractivity contribution in [2.24, 2.45) is 0 Å². The molecule has 0 fully saturated rings. The van der Waals surface area contributed by atoms with Crippen LogP contribution in [0.4, 0.5) is 0 Å². The highest BCUT2D eigenvalue weighted by molar-refractivity contribution is 5.08. The highest BCUT2D eigenvalue weighted by atomic mass is 15.0. The summed E-state index contributed by atoms with van der Waals surface area (Å²) in [5, 5.41) is 0. The second kappa shape index (κ2) is 6.80. The van der Waals surface area contributed by atoms with Gasteiger partial charge in [0.05, 0.1) is 0 Å². The van der Waals surface area contributed by atoms with E-state index in [1.165, 1.54) is 5.56 Å². The zero-order valence-corrected chi connectivity index (χ0v) is 8.41. The fraction of sp³-hybridized carbons (Fsp3) is 0.500. The fourth-order valence-electron chi connectivity index (χ4n) is 0.853. The van der Waals surface area contributed by atoms with Crippen LogP contribution in [0.2, 0.25) is 0 Å². The molecule has 0 aliphatic rings. The lowest BCUT2D eigenvalue weighted by Gasteiger charge is -2.07. The number of hydrogen-bond donors (Lipinski definition) is 0. The van der Waals surface area contributed by atoms with Crippen LogP contribution < -0.4 is 0 Å². The Hall–Kier alpha value is -0.890. The van der Waals surface area contributed by atoms with E-state index in [-0.39, 0.29) is 0 Å². The quantitative estimate of drug-likeness (QED) is 0.669. The smallest absolute Gasteiger partial charge is 0.0271 e. The average Bonchev–Trinajstić information content (AvgIpc) is 2.08. The van der Waals surface area contributed by atoms with E-state index in [0.717, 1.165) is 6.54 Å². The van der Waals surface area contributed by atoms with E-state index < -0.39 is 0 Å². The van der Waals surface area contributed by atoms with E-state index in [1.54, 1.807) is 0 Å². The van der Waals surface area contributed by atoms with Crippen molar-refractivity contribution >= 4 is 0 Å². The average molecular weight is 166 g/mol. The first-order valence-corrected chi connectivity index (χ1v) is 4.32. The highest BCUT2D eigenvalue weighted by Gasteiger charge is 1.91. The van der Waals surface area contributed by atoms with Crippen LogP contribution in [0.15, 0.2) is 24.5 Å². The van der Waals surface area contributed by atoms with Crippen LogP contribution in [0.3, 0.4) is 0 Å². The van der Waals surface area contributed by atoms with Crippen molar-refractivity contribution in [1.29, 1.82) is 0 Å². The number of aromatic nitrogens is 1. The fourth-order valence-corrected chi connectivity index (χ4v) is 0.853. The molecule has 0 unspecified atom stereocenters. The maximum absolute atomic E-state index is 3.93. The molecule has 0 saturated carbocycles. The summed E-state index contributed by atoms with van der Waals surface area (Å²) < 4.78 is 0. The normalized spacial score (nSPS) is 9.08. The lowest BCUT2D eigenvalue weighted by molar-refractivity contribution is 0.402. The van der Waals surface area contributed by atoms with Crippen molar-refractivity contribution in [3.63, 3.8) is 0 Å². The summed E-state index contributed by atoms with van der Waals surface area (Å²) in [6, 6.07) is 4.06. The lowest BCUT2D eigenvalue weighted by Crippen LogP contribution is -2.10. The second-order valence-corrected chi connectivity index (χ2v) is 2.59. The summed E-state index contributed by atoms with van der Waals surface area (Å²) in [7, 11) is 4.11. The van der Waals surface area contributed by atoms with Crippen molar-refractivity contribution in [2.45, 2.75) is 20.4 Å². The molecule has 0 bridgehead atoms. The van der Waals surface area contributed by atoms with Crippen molar-refractivity contribution in [2.75, 3.05) is 14.1 Å².